The molecule has 1 amide bonds. The van der Waals surface area contributed by atoms with Crippen molar-refractivity contribution in [3.05, 3.63) is 47.5 Å². The van der Waals surface area contributed by atoms with Crippen molar-refractivity contribution in [2.24, 2.45) is 16.5 Å². The molecule has 2 rings (SSSR count). The number of para-hydroxylation sites is 2. The molecule has 0 aliphatic heterocycles. The number of nitrogens with two attached hydrogens (primary N) is 2. The van der Waals surface area contributed by atoms with Crippen LogP contribution in [-0.4, -0.2) is 33.7 Å². The third-order valence-corrected chi connectivity index (χ3v) is 4.70. The van der Waals surface area contributed by atoms with E-state index in [9.17, 15) is 13.2 Å². The molecule has 0 atom stereocenters. The molecule has 0 fully saturated rings. The smallest absolute Gasteiger partial charge is 0.280 e. The summed E-state index contributed by atoms with van der Waals surface area (Å²) >= 11 is 0. The third kappa shape index (κ3) is 4.31. The number of benzene rings is 2. The second-order valence-corrected chi connectivity index (χ2v) is 7.59. The summed E-state index contributed by atoms with van der Waals surface area (Å²) in [7, 11) is -2.13. The maximum Gasteiger partial charge on any atom is 0.280 e. The normalized spacial score (nSPS) is 10.9. The van der Waals surface area contributed by atoms with Crippen molar-refractivity contribution < 1.29 is 17.9 Å². The molecule has 0 heterocycles. The molecule has 9 heteroatoms. The number of hydrogen-bond donors (Lipinski definition) is 3. The molecule has 8 nitrogen and oxygen atoms in total. The predicted octanol–water partition coefficient (Wildman–Crippen LogP) is 1.56. The zero-order valence-corrected chi connectivity index (χ0v) is 15.4. The summed E-state index contributed by atoms with van der Waals surface area (Å²) in [5, 5.41) is 3.05. The van der Waals surface area contributed by atoms with Crippen LogP contribution in [0.2, 0.25) is 0 Å². The van der Waals surface area contributed by atoms with Crippen LogP contribution in [0.4, 0.5) is 11.4 Å². The van der Waals surface area contributed by atoms with Crippen molar-refractivity contribution in [2.75, 3.05) is 18.7 Å². The van der Waals surface area contributed by atoms with Gasteiger partial charge in [-0.05, 0) is 36.8 Å². The summed E-state index contributed by atoms with van der Waals surface area (Å²) in [5.74, 6) is -0.562. The molecule has 0 aliphatic carbocycles. The van der Waals surface area contributed by atoms with Crippen LogP contribution in [0.3, 0.4) is 0 Å². The minimum absolute atomic E-state index is 0.0526. The molecule has 5 N–H and O–H groups in total. The zero-order valence-electron chi connectivity index (χ0n) is 14.6. The number of methoxy groups -OCH3 is 1. The lowest BCUT2D eigenvalue weighted by molar-refractivity contribution is 0.100. The number of ether oxygens (including phenoxy) is 1. The summed E-state index contributed by atoms with van der Waals surface area (Å²) in [5.41, 5.74) is 12.0. The van der Waals surface area contributed by atoms with E-state index in [0.717, 1.165) is 6.26 Å². The van der Waals surface area contributed by atoms with Crippen LogP contribution < -0.4 is 21.5 Å². The van der Waals surface area contributed by atoms with Gasteiger partial charge in [-0.25, -0.2) is 8.42 Å². The van der Waals surface area contributed by atoms with E-state index in [1.807, 2.05) is 0 Å². The number of nitrogens with zero attached hydrogens (tertiary/aromatic N) is 1. The van der Waals surface area contributed by atoms with Crippen molar-refractivity contribution in [2.45, 2.75) is 11.8 Å². The highest BCUT2D eigenvalue weighted by Crippen LogP contribution is 2.32. The van der Waals surface area contributed by atoms with E-state index >= 15 is 0 Å². The van der Waals surface area contributed by atoms with Crippen LogP contribution in [-0.2, 0) is 9.84 Å². The number of aliphatic imine (C=N–C) groups is 1. The van der Waals surface area contributed by atoms with Gasteiger partial charge in [-0.3, -0.25) is 4.79 Å². The number of carbonyl (C=O) groups excluding carboxylic acids is 1. The Labute approximate surface area is 151 Å². The Bertz CT molecular complexity index is 980. The summed E-state index contributed by atoms with van der Waals surface area (Å²) in [6, 6.07) is 9.89. The van der Waals surface area contributed by atoms with E-state index in [-0.39, 0.29) is 10.5 Å². The number of sulfone groups is 1. The topological polar surface area (TPSA) is 137 Å². The Morgan fingerprint density at radius 2 is 1.81 bits per heavy atom. The highest BCUT2D eigenvalue weighted by molar-refractivity contribution is 7.90. The highest BCUT2D eigenvalue weighted by Gasteiger charge is 2.20. The Kier molecular flexibility index (Phi) is 5.51. The van der Waals surface area contributed by atoms with E-state index in [1.54, 1.807) is 37.3 Å². The van der Waals surface area contributed by atoms with Gasteiger partial charge in [0.15, 0.2) is 15.8 Å². The standard InChI is InChI=1S/C17H20N4O4S/c1-10-8-13(20-12-6-4-5-7-14(12)25-2)15(26(3,23)24)9-11(10)16(22)21-17(18)19/h4-9,20H,1-3H3,(H4,18,19,21,22). The Hall–Kier alpha value is -3.07. The fourth-order valence-electron chi connectivity index (χ4n) is 2.39. The van der Waals surface area contributed by atoms with Crippen molar-refractivity contribution in [1.29, 1.82) is 0 Å². The third-order valence-electron chi connectivity index (χ3n) is 3.56. The fraction of sp³-hybridized carbons (Fsp3) is 0.176. The lowest BCUT2D eigenvalue weighted by Gasteiger charge is -2.16. The first-order valence-electron chi connectivity index (χ1n) is 7.52. The van der Waals surface area contributed by atoms with Crippen LogP contribution in [0.5, 0.6) is 5.75 Å². The average Bonchev–Trinajstić information content (AvgIpc) is 2.53. The number of amides is 1. The van der Waals surface area contributed by atoms with Gasteiger partial charge in [0.2, 0.25) is 0 Å². The largest absolute Gasteiger partial charge is 0.495 e. The molecule has 0 radical (unpaired) electrons. The number of carbonyl (C=O) groups is 1. The Morgan fingerprint density at radius 3 is 2.38 bits per heavy atom. The molecule has 0 saturated carbocycles. The summed E-state index contributed by atoms with van der Waals surface area (Å²) < 4.78 is 29.7. The van der Waals surface area contributed by atoms with Crippen molar-refractivity contribution >= 4 is 33.1 Å². The van der Waals surface area contributed by atoms with Gasteiger partial charge in [-0.15, -0.1) is 0 Å². The SMILES string of the molecule is COc1ccccc1Nc1cc(C)c(C(=O)N=C(N)N)cc1S(C)(=O)=O. The molecule has 0 unspecified atom stereocenters. The molecule has 2 aromatic carbocycles. The molecular formula is C17H20N4O4S. The molecule has 2 aromatic rings. The van der Waals surface area contributed by atoms with Gasteiger partial charge in [-0.1, -0.05) is 12.1 Å². The molecular weight excluding hydrogens is 356 g/mol. The summed E-state index contributed by atoms with van der Waals surface area (Å²) in [4.78, 5) is 15.6. The number of nitrogens with one attached hydrogen (secondary N) is 1. The van der Waals surface area contributed by atoms with E-state index in [4.69, 9.17) is 16.2 Å². The Morgan fingerprint density at radius 1 is 1.15 bits per heavy atom. The van der Waals surface area contributed by atoms with E-state index < -0.39 is 21.7 Å². The summed E-state index contributed by atoms with van der Waals surface area (Å²) in [6.45, 7) is 1.66. The molecule has 26 heavy (non-hydrogen) atoms. The monoisotopic (exact) mass is 376 g/mol. The number of aryl methyl sites for hydroxylation is 1. The summed E-state index contributed by atoms with van der Waals surface area (Å²) in [6.07, 6.45) is 1.06. The van der Waals surface area contributed by atoms with E-state index in [2.05, 4.69) is 10.3 Å². The number of guanidine groups is 1. The molecule has 138 valence electrons. The van der Waals surface area contributed by atoms with Gasteiger partial charge in [0.25, 0.3) is 5.91 Å². The molecule has 0 aliphatic rings. The first-order valence-corrected chi connectivity index (χ1v) is 9.41. The van der Waals surface area contributed by atoms with Crippen LogP contribution in [0.25, 0.3) is 0 Å². The Balaban J connectivity index is 2.62. The van der Waals surface area contributed by atoms with E-state index in [1.165, 1.54) is 13.2 Å². The number of rotatable bonds is 5. The van der Waals surface area contributed by atoms with Crippen molar-refractivity contribution in [1.82, 2.24) is 0 Å². The molecule has 0 saturated heterocycles. The zero-order chi connectivity index (χ0) is 19.5. The minimum atomic E-state index is -3.64. The molecule has 0 bridgehead atoms. The van der Waals surface area contributed by atoms with Gasteiger partial charge < -0.3 is 21.5 Å². The quantitative estimate of drug-likeness (QED) is 0.532. The van der Waals surface area contributed by atoms with Gasteiger partial charge in [-0.2, -0.15) is 4.99 Å². The van der Waals surface area contributed by atoms with Gasteiger partial charge in [0.1, 0.15) is 5.75 Å². The second-order valence-electron chi connectivity index (χ2n) is 5.60. The van der Waals surface area contributed by atoms with Gasteiger partial charge in [0, 0.05) is 11.8 Å². The lowest BCUT2D eigenvalue weighted by Crippen LogP contribution is -2.24. The van der Waals surface area contributed by atoms with Crippen molar-refractivity contribution in [3.8, 4) is 5.75 Å². The maximum absolute atomic E-state index is 12.2. The predicted molar refractivity (Wildman–Crippen MR) is 101 cm³/mol. The van der Waals surface area contributed by atoms with E-state index in [0.29, 0.717) is 22.7 Å². The van der Waals surface area contributed by atoms with Crippen LogP contribution in [0.1, 0.15) is 15.9 Å². The lowest BCUT2D eigenvalue weighted by atomic mass is 10.1. The van der Waals surface area contributed by atoms with Gasteiger partial charge in [0.05, 0.1) is 23.4 Å². The fourth-order valence-corrected chi connectivity index (χ4v) is 3.23. The number of hydrogen-bond acceptors (Lipinski definition) is 5. The maximum atomic E-state index is 12.2. The molecule has 0 aromatic heterocycles. The van der Waals surface area contributed by atoms with Crippen LogP contribution in [0.15, 0.2) is 46.3 Å². The first kappa shape index (κ1) is 19.3. The minimum Gasteiger partial charge on any atom is -0.495 e. The van der Waals surface area contributed by atoms with Gasteiger partial charge >= 0.3 is 0 Å². The second kappa shape index (κ2) is 7.44. The van der Waals surface area contributed by atoms with Crippen LogP contribution >= 0.6 is 0 Å². The van der Waals surface area contributed by atoms with Crippen molar-refractivity contribution in [3.63, 3.8) is 0 Å². The average molecular weight is 376 g/mol. The first-order chi connectivity index (χ1) is 12.1. The molecule has 0 spiro atoms. The number of anilines is 2. The highest BCUT2D eigenvalue weighted by atomic mass is 32.2. The van der Waals surface area contributed by atoms with Crippen LogP contribution in [0, 0.1) is 6.92 Å².